The van der Waals surface area contributed by atoms with Crippen LogP contribution in [0.2, 0.25) is 0 Å². The summed E-state index contributed by atoms with van der Waals surface area (Å²) in [6, 6.07) is 23.8. The number of hydrogen-bond donors (Lipinski definition) is 1. The van der Waals surface area contributed by atoms with Crippen molar-refractivity contribution in [3.63, 3.8) is 0 Å². The van der Waals surface area contributed by atoms with E-state index in [1.54, 1.807) is 0 Å². The van der Waals surface area contributed by atoms with Crippen molar-refractivity contribution in [1.29, 1.82) is 0 Å². The molecule has 0 spiro atoms. The molecule has 1 aliphatic rings. The number of aromatic nitrogens is 1. The number of likely N-dealkylation sites (tertiary alicyclic amines) is 1. The van der Waals surface area contributed by atoms with E-state index in [9.17, 15) is 9.59 Å². The van der Waals surface area contributed by atoms with Crippen LogP contribution in [0.25, 0.3) is 22.0 Å². The number of amides is 2. The van der Waals surface area contributed by atoms with Gasteiger partial charge in [-0.15, -0.1) is 0 Å². The molecule has 1 saturated heterocycles. The first kappa shape index (κ1) is 21.0. The Morgan fingerprint density at radius 3 is 2.58 bits per heavy atom. The minimum absolute atomic E-state index is 0.00835. The molecule has 1 aromatic heterocycles. The van der Waals surface area contributed by atoms with Gasteiger partial charge in [-0.05, 0) is 36.6 Å². The fraction of sp³-hybridized carbons (Fsp3) is 0.214. The summed E-state index contributed by atoms with van der Waals surface area (Å²) in [5.41, 5.74) is 5.53. The van der Waals surface area contributed by atoms with Crippen molar-refractivity contribution in [2.45, 2.75) is 19.4 Å². The van der Waals surface area contributed by atoms with Crippen LogP contribution in [0.1, 0.15) is 32.7 Å². The number of nitrogens with one attached hydrogen (secondary N) is 1. The molecule has 5 nitrogen and oxygen atoms in total. The second kappa shape index (κ2) is 8.58. The number of carbonyl (C=O) groups excluding carboxylic acids is 2. The molecule has 2 amide bonds. The van der Waals surface area contributed by atoms with Crippen LogP contribution >= 0.6 is 0 Å². The Kier molecular flexibility index (Phi) is 5.47. The molecule has 166 valence electrons. The van der Waals surface area contributed by atoms with Gasteiger partial charge in [0.2, 0.25) is 0 Å². The largest absolute Gasteiger partial charge is 0.350 e. The van der Waals surface area contributed by atoms with E-state index in [0.29, 0.717) is 24.2 Å². The molecular formula is C28H27N3O2. The van der Waals surface area contributed by atoms with Gasteiger partial charge in [-0.25, -0.2) is 0 Å². The quantitative estimate of drug-likeness (QED) is 0.499. The van der Waals surface area contributed by atoms with E-state index in [0.717, 1.165) is 34.0 Å². The Morgan fingerprint density at radius 2 is 1.73 bits per heavy atom. The fourth-order valence-electron chi connectivity index (χ4n) is 4.75. The van der Waals surface area contributed by atoms with Crippen LogP contribution < -0.4 is 5.32 Å². The van der Waals surface area contributed by atoms with Gasteiger partial charge in [0, 0.05) is 48.8 Å². The molecule has 0 aliphatic carbocycles. The summed E-state index contributed by atoms with van der Waals surface area (Å²) in [5.74, 6) is -0.0831. The van der Waals surface area contributed by atoms with E-state index in [1.165, 1.54) is 0 Å². The van der Waals surface area contributed by atoms with E-state index in [-0.39, 0.29) is 17.9 Å². The highest BCUT2D eigenvalue weighted by Crippen LogP contribution is 2.27. The predicted octanol–water partition coefficient (Wildman–Crippen LogP) is 4.80. The summed E-state index contributed by atoms with van der Waals surface area (Å²) in [7, 11) is 1.95. The second-order valence-corrected chi connectivity index (χ2v) is 8.80. The first-order valence-electron chi connectivity index (χ1n) is 11.3. The van der Waals surface area contributed by atoms with E-state index < -0.39 is 0 Å². The second-order valence-electron chi connectivity index (χ2n) is 8.80. The number of aryl methyl sites for hydroxylation is 2. The Labute approximate surface area is 193 Å². The van der Waals surface area contributed by atoms with Crippen LogP contribution in [-0.2, 0) is 7.05 Å². The molecule has 2 heterocycles. The number of hydrogen-bond acceptors (Lipinski definition) is 2. The van der Waals surface area contributed by atoms with Crippen LogP contribution in [0, 0.1) is 6.92 Å². The normalized spacial score (nSPS) is 15.7. The molecule has 1 aliphatic heterocycles. The third-order valence-corrected chi connectivity index (χ3v) is 6.44. The molecular weight excluding hydrogens is 410 g/mol. The van der Waals surface area contributed by atoms with Crippen LogP contribution in [-0.4, -0.2) is 40.4 Å². The highest BCUT2D eigenvalue weighted by Gasteiger charge is 2.30. The Balaban J connectivity index is 1.32. The predicted molar refractivity (Wildman–Crippen MR) is 131 cm³/mol. The summed E-state index contributed by atoms with van der Waals surface area (Å²) >= 11 is 0. The van der Waals surface area contributed by atoms with Crippen molar-refractivity contribution in [3.05, 3.63) is 95.7 Å². The Morgan fingerprint density at radius 1 is 0.939 bits per heavy atom. The van der Waals surface area contributed by atoms with Crippen LogP contribution in [0.3, 0.4) is 0 Å². The molecule has 3 aromatic carbocycles. The number of carbonyl (C=O) groups is 2. The molecule has 1 unspecified atom stereocenters. The topological polar surface area (TPSA) is 54.3 Å². The van der Waals surface area contributed by atoms with Gasteiger partial charge in [0.05, 0.1) is 5.56 Å². The Bertz CT molecular complexity index is 1350. The zero-order valence-electron chi connectivity index (χ0n) is 18.9. The average Bonchev–Trinajstić information content (AvgIpc) is 3.43. The van der Waals surface area contributed by atoms with Gasteiger partial charge >= 0.3 is 0 Å². The fourth-order valence-corrected chi connectivity index (χ4v) is 4.75. The molecule has 1 atom stereocenters. The number of rotatable bonds is 4. The molecule has 1 N–H and O–H groups in total. The Hall–Kier alpha value is -3.86. The van der Waals surface area contributed by atoms with Gasteiger partial charge in [-0.3, -0.25) is 9.59 Å². The van der Waals surface area contributed by atoms with Crippen molar-refractivity contribution in [2.75, 3.05) is 13.1 Å². The summed E-state index contributed by atoms with van der Waals surface area (Å²) < 4.78 is 1.97. The third-order valence-electron chi connectivity index (χ3n) is 6.44. The molecule has 0 saturated carbocycles. The molecule has 4 aromatic rings. The monoisotopic (exact) mass is 437 g/mol. The number of nitrogens with zero attached hydrogens (tertiary/aromatic N) is 2. The molecule has 0 bridgehead atoms. The maximum atomic E-state index is 13.4. The van der Waals surface area contributed by atoms with Gasteiger partial charge in [0.15, 0.2) is 0 Å². The lowest BCUT2D eigenvalue weighted by molar-refractivity contribution is 0.0784. The molecule has 5 rings (SSSR count). The molecule has 0 radical (unpaired) electrons. The first-order valence-corrected chi connectivity index (χ1v) is 11.3. The SMILES string of the molecule is Cc1cccc(-c2ccccc2C(=O)N2CCC(NC(=O)c3cn(C)c4ccccc34)C2)c1. The lowest BCUT2D eigenvalue weighted by Gasteiger charge is -2.19. The highest BCUT2D eigenvalue weighted by atomic mass is 16.2. The molecule has 1 fully saturated rings. The molecule has 33 heavy (non-hydrogen) atoms. The zero-order valence-corrected chi connectivity index (χ0v) is 18.9. The van der Waals surface area contributed by atoms with Crippen molar-refractivity contribution in [1.82, 2.24) is 14.8 Å². The number of fused-ring (bicyclic) bond motifs is 1. The minimum Gasteiger partial charge on any atom is -0.350 e. The van der Waals surface area contributed by atoms with Crippen molar-refractivity contribution < 1.29 is 9.59 Å². The molecule has 5 heteroatoms. The van der Waals surface area contributed by atoms with Gasteiger partial charge in [0.25, 0.3) is 11.8 Å². The van der Waals surface area contributed by atoms with Gasteiger partial charge in [0.1, 0.15) is 0 Å². The zero-order chi connectivity index (χ0) is 22.9. The van der Waals surface area contributed by atoms with E-state index in [2.05, 4.69) is 24.4 Å². The average molecular weight is 438 g/mol. The van der Waals surface area contributed by atoms with Crippen molar-refractivity contribution >= 4 is 22.7 Å². The van der Waals surface area contributed by atoms with E-state index in [4.69, 9.17) is 0 Å². The lowest BCUT2D eigenvalue weighted by atomic mass is 9.97. The minimum atomic E-state index is -0.0914. The maximum Gasteiger partial charge on any atom is 0.254 e. The number of para-hydroxylation sites is 1. The standard InChI is InChI=1S/C28H27N3O2/c1-19-8-7-9-20(16-19)22-10-3-4-12-24(22)28(33)31-15-14-21(17-31)29-27(32)25-18-30(2)26-13-6-5-11-23(25)26/h3-13,16,18,21H,14-15,17H2,1-2H3,(H,29,32). The van der Waals surface area contributed by atoms with E-state index >= 15 is 0 Å². The van der Waals surface area contributed by atoms with Crippen molar-refractivity contribution in [2.24, 2.45) is 7.05 Å². The summed E-state index contributed by atoms with van der Waals surface area (Å²) in [5, 5.41) is 4.08. The third kappa shape index (κ3) is 4.02. The number of benzene rings is 3. The van der Waals surface area contributed by atoms with Gasteiger partial charge in [-0.1, -0.05) is 66.2 Å². The summed E-state index contributed by atoms with van der Waals surface area (Å²) in [4.78, 5) is 28.3. The maximum absolute atomic E-state index is 13.4. The smallest absolute Gasteiger partial charge is 0.254 e. The van der Waals surface area contributed by atoms with Crippen LogP contribution in [0.15, 0.2) is 79.0 Å². The van der Waals surface area contributed by atoms with Gasteiger partial charge < -0.3 is 14.8 Å². The van der Waals surface area contributed by atoms with Crippen molar-refractivity contribution in [3.8, 4) is 11.1 Å². The van der Waals surface area contributed by atoms with Gasteiger partial charge in [-0.2, -0.15) is 0 Å². The van der Waals surface area contributed by atoms with E-state index in [1.807, 2.05) is 83.4 Å². The van der Waals surface area contributed by atoms with Crippen LogP contribution in [0.5, 0.6) is 0 Å². The first-order chi connectivity index (χ1) is 16.0. The highest BCUT2D eigenvalue weighted by molar-refractivity contribution is 6.07. The summed E-state index contributed by atoms with van der Waals surface area (Å²) in [6.07, 6.45) is 2.62. The summed E-state index contributed by atoms with van der Waals surface area (Å²) in [6.45, 7) is 3.19. The van der Waals surface area contributed by atoms with Crippen LogP contribution in [0.4, 0.5) is 0 Å². The lowest BCUT2D eigenvalue weighted by Crippen LogP contribution is -2.38.